The lowest BCUT2D eigenvalue weighted by Gasteiger charge is -2.11. The number of aryl methyl sites for hydroxylation is 1. The van der Waals surface area contributed by atoms with E-state index in [9.17, 15) is 19.7 Å². The highest BCUT2D eigenvalue weighted by Gasteiger charge is 2.21. The predicted molar refractivity (Wildman–Crippen MR) is 103 cm³/mol. The largest absolute Gasteiger partial charge is 0.454 e. The van der Waals surface area contributed by atoms with Gasteiger partial charge in [-0.05, 0) is 32.9 Å². The van der Waals surface area contributed by atoms with Crippen LogP contribution in [-0.2, 0) is 11.3 Å². The lowest BCUT2D eigenvalue weighted by molar-refractivity contribution is -0.384. The fourth-order valence-corrected chi connectivity index (χ4v) is 3.02. The average Bonchev–Trinajstić information content (AvgIpc) is 2.97. The van der Waals surface area contributed by atoms with Crippen molar-refractivity contribution in [3.05, 3.63) is 56.9 Å². The standard InChI is InChI=1S/C19H23N3O6/c1-4-21-12(2)9-15(13(21)3)18(24)11-28-19(25)16-10-14(22(26)27)5-6-17(16)20-7-8-23/h5-6,9-10,20,23H,4,7-8,11H2,1-3H3. The fourth-order valence-electron chi connectivity index (χ4n) is 3.02. The Labute approximate surface area is 162 Å². The molecule has 0 bridgehead atoms. The number of carbonyl (C=O) groups excluding carboxylic acids is 2. The lowest BCUT2D eigenvalue weighted by Crippen LogP contribution is -2.17. The minimum absolute atomic E-state index is 0.0746. The normalized spacial score (nSPS) is 10.6. The third-order valence-corrected chi connectivity index (χ3v) is 4.39. The van der Waals surface area contributed by atoms with Gasteiger partial charge in [0, 0.05) is 47.9 Å². The van der Waals surface area contributed by atoms with Crippen LogP contribution in [0.3, 0.4) is 0 Å². The number of ketones is 1. The molecule has 9 nitrogen and oxygen atoms in total. The Morgan fingerprint density at radius 2 is 1.96 bits per heavy atom. The van der Waals surface area contributed by atoms with Gasteiger partial charge in [-0.2, -0.15) is 0 Å². The second-order valence-electron chi connectivity index (χ2n) is 6.17. The molecule has 2 N–H and O–H groups in total. The molecular formula is C19H23N3O6. The maximum absolute atomic E-state index is 12.5. The van der Waals surface area contributed by atoms with Gasteiger partial charge in [-0.25, -0.2) is 4.79 Å². The number of benzene rings is 1. The monoisotopic (exact) mass is 389 g/mol. The van der Waals surface area contributed by atoms with Crippen LogP contribution < -0.4 is 5.32 Å². The van der Waals surface area contributed by atoms with Gasteiger partial charge in [-0.3, -0.25) is 14.9 Å². The highest BCUT2D eigenvalue weighted by molar-refractivity contribution is 6.02. The molecule has 1 aromatic heterocycles. The Morgan fingerprint density at radius 3 is 2.54 bits per heavy atom. The Kier molecular flexibility index (Phi) is 6.89. The summed E-state index contributed by atoms with van der Waals surface area (Å²) in [5, 5.41) is 22.7. The number of aromatic nitrogens is 1. The summed E-state index contributed by atoms with van der Waals surface area (Å²) in [6.07, 6.45) is 0. The summed E-state index contributed by atoms with van der Waals surface area (Å²) in [6.45, 7) is 5.90. The number of hydrogen-bond acceptors (Lipinski definition) is 7. The number of hydrogen-bond donors (Lipinski definition) is 2. The van der Waals surface area contributed by atoms with E-state index in [2.05, 4.69) is 5.32 Å². The molecule has 0 aliphatic carbocycles. The first-order valence-electron chi connectivity index (χ1n) is 8.80. The summed E-state index contributed by atoms with van der Waals surface area (Å²) in [6, 6.07) is 5.42. The number of nitro groups is 1. The molecule has 0 fully saturated rings. The quantitative estimate of drug-likeness (QED) is 0.292. The number of aliphatic hydroxyl groups excluding tert-OH is 1. The zero-order chi connectivity index (χ0) is 20.8. The van der Waals surface area contributed by atoms with Crippen LogP contribution in [0.1, 0.15) is 39.0 Å². The molecule has 0 radical (unpaired) electrons. The molecule has 1 heterocycles. The van der Waals surface area contributed by atoms with E-state index in [0.717, 1.165) is 24.0 Å². The van der Waals surface area contributed by atoms with E-state index in [-0.39, 0.29) is 35.9 Å². The molecular weight excluding hydrogens is 366 g/mol. The number of non-ortho nitro benzene ring substituents is 1. The number of anilines is 1. The molecule has 0 unspecified atom stereocenters. The number of ether oxygens (including phenoxy) is 1. The number of nitrogens with zero attached hydrogens (tertiary/aromatic N) is 2. The Balaban J connectivity index is 2.18. The van der Waals surface area contributed by atoms with Crippen molar-refractivity contribution in [1.29, 1.82) is 0 Å². The van der Waals surface area contributed by atoms with Gasteiger partial charge >= 0.3 is 5.97 Å². The molecule has 0 atom stereocenters. The number of esters is 1. The van der Waals surface area contributed by atoms with Gasteiger partial charge in [-0.1, -0.05) is 0 Å². The Hall–Kier alpha value is -3.20. The van der Waals surface area contributed by atoms with Gasteiger partial charge in [0.15, 0.2) is 6.61 Å². The molecule has 0 aliphatic heterocycles. The fraction of sp³-hybridized carbons (Fsp3) is 0.368. The molecule has 0 aliphatic rings. The minimum Gasteiger partial charge on any atom is -0.454 e. The summed E-state index contributed by atoms with van der Waals surface area (Å²) >= 11 is 0. The van der Waals surface area contributed by atoms with Crippen molar-refractivity contribution in [2.75, 3.05) is 25.1 Å². The molecule has 0 amide bonds. The first-order chi connectivity index (χ1) is 13.3. The van der Waals surface area contributed by atoms with Gasteiger partial charge in [0.2, 0.25) is 5.78 Å². The number of aliphatic hydroxyl groups is 1. The Bertz CT molecular complexity index is 903. The number of nitrogens with one attached hydrogen (secondary N) is 1. The molecule has 9 heteroatoms. The summed E-state index contributed by atoms with van der Waals surface area (Å²) in [7, 11) is 0. The van der Waals surface area contributed by atoms with Crippen molar-refractivity contribution in [3.8, 4) is 0 Å². The van der Waals surface area contributed by atoms with Crippen molar-refractivity contribution < 1.29 is 24.4 Å². The van der Waals surface area contributed by atoms with Crippen LogP contribution in [0.2, 0.25) is 0 Å². The van der Waals surface area contributed by atoms with Gasteiger partial charge in [0.25, 0.3) is 5.69 Å². The van der Waals surface area contributed by atoms with E-state index in [1.54, 1.807) is 6.07 Å². The van der Waals surface area contributed by atoms with Crippen LogP contribution in [0, 0.1) is 24.0 Å². The summed E-state index contributed by atoms with van der Waals surface area (Å²) < 4.78 is 7.09. The van der Waals surface area contributed by atoms with Crippen LogP contribution in [0.4, 0.5) is 11.4 Å². The van der Waals surface area contributed by atoms with Crippen molar-refractivity contribution in [2.45, 2.75) is 27.3 Å². The van der Waals surface area contributed by atoms with E-state index < -0.39 is 17.5 Å². The molecule has 2 rings (SSSR count). The van der Waals surface area contributed by atoms with Gasteiger partial charge in [0.05, 0.1) is 17.1 Å². The van der Waals surface area contributed by atoms with E-state index in [1.165, 1.54) is 12.1 Å². The lowest BCUT2D eigenvalue weighted by atomic mass is 10.1. The first kappa shape index (κ1) is 21.1. The zero-order valence-corrected chi connectivity index (χ0v) is 16.0. The molecule has 0 saturated carbocycles. The van der Waals surface area contributed by atoms with E-state index >= 15 is 0 Å². The molecule has 150 valence electrons. The van der Waals surface area contributed by atoms with Crippen LogP contribution in [0.5, 0.6) is 0 Å². The molecule has 2 aromatic rings. The first-order valence-corrected chi connectivity index (χ1v) is 8.80. The maximum Gasteiger partial charge on any atom is 0.340 e. The third-order valence-electron chi connectivity index (χ3n) is 4.39. The van der Waals surface area contributed by atoms with Gasteiger partial charge < -0.3 is 19.7 Å². The highest BCUT2D eigenvalue weighted by atomic mass is 16.6. The number of Topliss-reactive ketones (excluding diaryl/α,β-unsaturated/α-hetero) is 1. The van der Waals surface area contributed by atoms with Crippen molar-refractivity contribution in [3.63, 3.8) is 0 Å². The predicted octanol–water partition coefficient (Wildman–Crippen LogP) is 2.48. The second-order valence-corrected chi connectivity index (χ2v) is 6.17. The maximum atomic E-state index is 12.5. The van der Waals surface area contributed by atoms with Gasteiger partial charge in [0.1, 0.15) is 0 Å². The van der Waals surface area contributed by atoms with Crippen molar-refractivity contribution in [1.82, 2.24) is 4.57 Å². The number of carbonyl (C=O) groups is 2. The van der Waals surface area contributed by atoms with E-state index in [4.69, 9.17) is 9.84 Å². The summed E-state index contributed by atoms with van der Waals surface area (Å²) in [4.78, 5) is 35.3. The molecule has 0 saturated heterocycles. The molecule has 1 aromatic carbocycles. The van der Waals surface area contributed by atoms with Crippen molar-refractivity contribution in [2.24, 2.45) is 0 Å². The van der Waals surface area contributed by atoms with Crippen LogP contribution in [-0.4, -0.2) is 46.1 Å². The number of nitro benzene ring substituents is 1. The highest BCUT2D eigenvalue weighted by Crippen LogP contribution is 2.23. The molecule has 28 heavy (non-hydrogen) atoms. The van der Waals surface area contributed by atoms with E-state index in [0.29, 0.717) is 5.56 Å². The number of rotatable bonds is 9. The molecule has 0 spiro atoms. The average molecular weight is 389 g/mol. The SMILES string of the molecule is CCn1c(C)cc(C(=O)COC(=O)c2cc([N+](=O)[O-])ccc2NCCO)c1C. The summed E-state index contributed by atoms with van der Waals surface area (Å²) in [5.74, 6) is -1.21. The zero-order valence-electron chi connectivity index (χ0n) is 16.0. The van der Waals surface area contributed by atoms with Crippen LogP contribution in [0.15, 0.2) is 24.3 Å². The third kappa shape index (κ3) is 4.55. The van der Waals surface area contributed by atoms with Crippen molar-refractivity contribution >= 4 is 23.1 Å². The smallest absolute Gasteiger partial charge is 0.340 e. The van der Waals surface area contributed by atoms with Gasteiger partial charge in [-0.15, -0.1) is 0 Å². The second kappa shape index (κ2) is 9.14. The van der Waals surface area contributed by atoms with E-state index in [1.807, 2.05) is 25.3 Å². The van der Waals surface area contributed by atoms with Crippen LogP contribution in [0.25, 0.3) is 0 Å². The topological polar surface area (TPSA) is 124 Å². The minimum atomic E-state index is -0.859. The van der Waals surface area contributed by atoms with Crippen LogP contribution >= 0.6 is 0 Å². The Morgan fingerprint density at radius 1 is 1.25 bits per heavy atom. The summed E-state index contributed by atoms with van der Waals surface area (Å²) in [5.41, 5.74) is 2.13.